The number of fused-ring (bicyclic) bond motifs is 1. The van der Waals surface area contributed by atoms with Crippen molar-refractivity contribution < 1.29 is 10.2 Å². The number of aliphatic hydroxyl groups excluding tert-OH is 1. The van der Waals surface area contributed by atoms with Crippen molar-refractivity contribution in [1.29, 1.82) is 0 Å². The highest BCUT2D eigenvalue weighted by Crippen LogP contribution is 2.28. The number of rotatable bonds is 1. The van der Waals surface area contributed by atoms with E-state index in [4.69, 9.17) is 10.2 Å². The molecular weight excluding hydrogens is 140 g/mol. The van der Waals surface area contributed by atoms with Crippen molar-refractivity contribution in [1.82, 2.24) is 0 Å². The minimum absolute atomic E-state index is 0.675. The fourth-order valence-electron chi connectivity index (χ4n) is 1.52. The first-order chi connectivity index (χ1) is 5.29. The average Bonchev–Trinajstić information content (AvgIpc) is 1.90. The Morgan fingerprint density at radius 1 is 1.18 bits per heavy atom. The summed E-state index contributed by atoms with van der Waals surface area (Å²) in [5, 5.41) is 17.8. The molecular formula is C9H10O2. The van der Waals surface area contributed by atoms with Crippen LogP contribution in [-0.2, 0) is 12.8 Å². The fraction of sp³-hybridized carbons (Fsp3) is 0.333. The lowest BCUT2D eigenvalue weighted by molar-refractivity contribution is -0.0434. The van der Waals surface area contributed by atoms with E-state index in [-0.39, 0.29) is 0 Å². The number of aryl methyl sites for hydroxylation is 1. The molecule has 2 N–H and O–H groups in total. The van der Waals surface area contributed by atoms with Crippen molar-refractivity contribution in [3.63, 3.8) is 0 Å². The van der Waals surface area contributed by atoms with Crippen LogP contribution in [-0.4, -0.2) is 10.2 Å². The number of benzene rings is 1. The fourth-order valence-corrected chi connectivity index (χ4v) is 1.52. The number of hydrogen-bond acceptors (Lipinski definition) is 2. The van der Waals surface area contributed by atoms with Crippen molar-refractivity contribution in [3.05, 3.63) is 34.9 Å². The Kier molecular flexibility index (Phi) is 1.44. The third-order valence-corrected chi connectivity index (χ3v) is 2.23. The van der Waals surface area contributed by atoms with E-state index in [2.05, 4.69) is 0 Å². The van der Waals surface area contributed by atoms with Crippen molar-refractivity contribution in [3.8, 4) is 0 Å². The first kappa shape index (κ1) is 6.83. The first-order valence-corrected chi connectivity index (χ1v) is 3.76. The van der Waals surface area contributed by atoms with E-state index >= 15 is 0 Å². The predicted octanol–water partition coefficient (Wildman–Crippen LogP) is 0.768. The van der Waals surface area contributed by atoms with Crippen LogP contribution in [0, 0.1) is 0 Å². The molecule has 0 bridgehead atoms. The van der Waals surface area contributed by atoms with E-state index in [1.807, 2.05) is 12.1 Å². The molecule has 2 heteroatoms. The van der Waals surface area contributed by atoms with Gasteiger partial charge in [0.15, 0.2) is 6.29 Å². The average molecular weight is 150 g/mol. The molecule has 0 radical (unpaired) electrons. The molecule has 0 aliphatic heterocycles. The van der Waals surface area contributed by atoms with Crippen LogP contribution in [0.15, 0.2) is 18.2 Å². The van der Waals surface area contributed by atoms with Crippen LogP contribution in [0.1, 0.15) is 23.0 Å². The molecule has 2 rings (SSSR count). The van der Waals surface area contributed by atoms with Crippen LogP contribution < -0.4 is 0 Å². The van der Waals surface area contributed by atoms with Crippen LogP contribution in [0.4, 0.5) is 0 Å². The van der Waals surface area contributed by atoms with Gasteiger partial charge in [0.25, 0.3) is 0 Å². The molecule has 0 aromatic heterocycles. The van der Waals surface area contributed by atoms with Gasteiger partial charge in [-0.15, -0.1) is 0 Å². The molecule has 0 fully saturated rings. The molecule has 1 aliphatic rings. The summed E-state index contributed by atoms with van der Waals surface area (Å²) in [7, 11) is 0. The molecule has 2 nitrogen and oxygen atoms in total. The van der Waals surface area contributed by atoms with Gasteiger partial charge in [-0.25, -0.2) is 0 Å². The van der Waals surface area contributed by atoms with E-state index in [9.17, 15) is 0 Å². The van der Waals surface area contributed by atoms with Crippen molar-refractivity contribution in [2.75, 3.05) is 0 Å². The second-order valence-electron chi connectivity index (χ2n) is 2.86. The molecule has 1 aromatic rings. The lowest BCUT2D eigenvalue weighted by atomic mass is 9.85. The molecule has 0 saturated carbocycles. The van der Waals surface area contributed by atoms with Gasteiger partial charge in [-0.3, -0.25) is 0 Å². The van der Waals surface area contributed by atoms with Gasteiger partial charge in [-0.2, -0.15) is 0 Å². The van der Waals surface area contributed by atoms with Crippen LogP contribution in [0.2, 0.25) is 0 Å². The smallest absolute Gasteiger partial charge is 0.178 e. The van der Waals surface area contributed by atoms with Gasteiger partial charge in [0.2, 0.25) is 0 Å². The van der Waals surface area contributed by atoms with Gasteiger partial charge in [-0.1, -0.05) is 18.2 Å². The third kappa shape index (κ3) is 0.951. The Labute approximate surface area is 65.1 Å². The highest BCUT2D eigenvalue weighted by atomic mass is 16.5. The molecule has 0 amide bonds. The topological polar surface area (TPSA) is 40.5 Å². The Hall–Kier alpha value is -0.860. The van der Waals surface area contributed by atoms with Gasteiger partial charge in [0.05, 0.1) is 0 Å². The first-order valence-electron chi connectivity index (χ1n) is 3.76. The maximum absolute atomic E-state index is 8.92. The highest BCUT2D eigenvalue weighted by Gasteiger charge is 2.18. The Morgan fingerprint density at radius 2 is 2.00 bits per heavy atom. The number of aliphatic hydroxyl groups is 2. The van der Waals surface area contributed by atoms with E-state index in [1.54, 1.807) is 6.07 Å². The summed E-state index contributed by atoms with van der Waals surface area (Å²) in [5.41, 5.74) is 3.06. The minimum atomic E-state index is -1.30. The standard InChI is InChI=1S/C9H10O2/c10-9(11)8-3-1-2-6-4-5-7(6)8/h1-3,9-11H,4-5H2. The Morgan fingerprint density at radius 3 is 2.45 bits per heavy atom. The normalized spacial score (nSPS) is 14.5. The molecule has 0 saturated heterocycles. The molecule has 0 spiro atoms. The van der Waals surface area contributed by atoms with Crippen LogP contribution >= 0.6 is 0 Å². The van der Waals surface area contributed by atoms with Gasteiger partial charge in [0.1, 0.15) is 0 Å². The van der Waals surface area contributed by atoms with Crippen molar-refractivity contribution >= 4 is 0 Å². The third-order valence-electron chi connectivity index (χ3n) is 2.23. The zero-order chi connectivity index (χ0) is 7.84. The quantitative estimate of drug-likeness (QED) is 0.580. The van der Waals surface area contributed by atoms with Gasteiger partial charge >= 0.3 is 0 Å². The van der Waals surface area contributed by atoms with E-state index in [0.29, 0.717) is 5.56 Å². The highest BCUT2D eigenvalue weighted by molar-refractivity contribution is 5.42. The van der Waals surface area contributed by atoms with Crippen LogP contribution in [0.3, 0.4) is 0 Å². The minimum Gasteiger partial charge on any atom is -0.364 e. The van der Waals surface area contributed by atoms with Crippen molar-refractivity contribution in [2.45, 2.75) is 19.1 Å². The lowest BCUT2D eigenvalue weighted by Crippen LogP contribution is -2.13. The zero-order valence-corrected chi connectivity index (χ0v) is 6.12. The van der Waals surface area contributed by atoms with E-state index in [1.165, 1.54) is 5.56 Å². The lowest BCUT2D eigenvalue weighted by Gasteiger charge is -2.22. The monoisotopic (exact) mass is 150 g/mol. The van der Waals surface area contributed by atoms with Crippen molar-refractivity contribution in [2.24, 2.45) is 0 Å². The summed E-state index contributed by atoms with van der Waals surface area (Å²) < 4.78 is 0. The summed E-state index contributed by atoms with van der Waals surface area (Å²) in [6, 6.07) is 5.67. The van der Waals surface area contributed by atoms with Gasteiger partial charge in [0, 0.05) is 5.56 Å². The molecule has 0 heterocycles. The summed E-state index contributed by atoms with van der Waals surface area (Å²) in [5.74, 6) is 0. The zero-order valence-electron chi connectivity index (χ0n) is 6.12. The maximum Gasteiger partial charge on any atom is 0.178 e. The number of hydrogen-bond donors (Lipinski definition) is 2. The molecule has 0 atom stereocenters. The van der Waals surface area contributed by atoms with Crippen LogP contribution in [0.5, 0.6) is 0 Å². The van der Waals surface area contributed by atoms with Gasteiger partial charge in [-0.05, 0) is 24.0 Å². The maximum atomic E-state index is 8.92. The molecule has 1 aromatic carbocycles. The van der Waals surface area contributed by atoms with E-state index < -0.39 is 6.29 Å². The second-order valence-corrected chi connectivity index (χ2v) is 2.86. The van der Waals surface area contributed by atoms with Gasteiger partial charge < -0.3 is 10.2 Å². The summed E-state index contributed by atoms with van der Waals surface area (Å²) in [6.45, 7) is 0. The summed E-state index contributed by atoms with van der Waals surface area (Å²) in [4.78, 5) is 0. The predicted molar refractivity (Wildman–Crippen MR) is 41.0 cm³/mol. The van der Waals surface area contributed by atoms with Crippen LogP contribution in [0.25, 0.3) is 0 Å². The van der Waals surface area contributed by atoms with E-state index in [0.717, 1.165) is 18.4 Å². The molecule has 11 heavy (non-hydrogen) atoms. The summed E-state index contributed by atoms with van der Waals surface area (Å²) in [6.07, 6.45) is 0.768. The largest absolute Gasteiger partial charge is 0.364 e. The Balaban J connectivity index is 2.48. The molecule has 0 unspecified atom stereocenters. The molecule has 58 valence electrons. The second kappa shape index (κ2) is 2.32. The molecule has 1 aliphatic carbocycles. The SMILES string of the molecule is OC(O)c1cccc2c1CC2. The Bertz CT molecular complexity index is 279. The summed E-state index contributed by atoms with van der Waals surface area (Å²) >= 11 is 0.